The van der Waals surface area contributed by atoms with Crippen LogP contribution >= 0.6 is 11.3 Å². The fraction of sp³-hybridized carbons (Fsp3) is 0.462. The van der Waals surface area contributed by atoms with E-state index < -0.39 is 0 Å². The minimum Gasteiger partial charge on any atom is -0.478 e. The molecule has 0 saturated carbocycles. The smallest absolute Gasteiger partial charge is 0.257 e. The van der Waals surface area contributed by atoms with Gasteiger partial charge in [0.1, 0.15) is 0 Å². The van der Waals surface area contributed by atoms with Gasteiger partial charge in [0.25, 0.3) is 5.88 Å². The van der Waals surface area contributed by atoms with Crippen LogP contribution in [0.2, 0.25) is 0 Å². The van der Waals surface area contributed by atoms with Crippen LogP contribution in [0, 0.1) is 0 Å². The molecule has 2 aromatic heterocycles. The van der Waals surface area contributed by atoms with E-state index in [1.54, 1.807) is 30.8 Å². The molecule has 0 atom stereocenters. The third-order valence-electron chi connectivity index (χ3n) is 2.65. The molecular weight excluding hydrogens is 260 g/mol. The summed E-state index contributed by atoms with van der Waals surface area (Å²) < 4.78 is 5.13. The second-order valence-corrected chi connectivity index (χ2v) is 5.35. The normalized spacial score (nSPS) is 10.7. The molecule has 0 radical (unpaired) electrons. The van der Waals surface area contributed by atoms with Gasteiger partial charge in [-0.15, -0.1) is 11.3 Å². The molecule has 5 nitrogen and oxygen atoms in total. The first-order valence-corrected chi connectivity index (χ1v) is 7.12. The van der Waals surface area contributed by atoms with Crippen LogP contribution in [-0.4, -0.2) is 28.6 Å². The molecule has 2 heterocycles. The molecule has 0 aliphatic carbocycles. The number of aromatic nitrogens is 3. The number of nitrogens with one attached hydrogen (secondary N) is 1. The van der Waals surface area contributed by atoms with Crippen molar-refractivity contribution in [3.8, 4) is 5.88 Å². The van der Waals surface area contributed by atoms with E-state index >= 15 is 0 Å². The molecule has 0 unspecified atom stereocenters. The van der Waals surface area contributed by atoms with E-state index in [2.05, 4.69) is 39.5 Å². The molecule has 2 aromatic rings. The van der Waals surface area contributed by atoms with Gasteiger partial charge in [-0.05, 0) is 5.92 Å². The van der Waals surface area contributed by atoms with Crippen molar-refractivity contribution in [2.45, 2.75) is 26.2 Å². The predicted octanol–water partition coefficient (Wildman–Crippen LogP) is 2.72. The maximum atomic E-state index is 5.13. The van der Waals surface area contributed by atoms with Crippen LogP contribution in [0.1, 0.15) is 30.5 Å². The number of rotatable bonds is 6. The summed E-state index contributed by atoms with van der Waals surface area (Å²) in [4.78, 5) is 12.9. The van der Waals surface area contributed by atoms with Crippen LogP contribution in [0.15, 0.2) is 17.8 Å². The molecule has 0 bridgehead atoms. The zero-order chi connectivity index (χ0) is 13.7. The fourth-order valence-electron chi connectivity index (χ4n) is 1.59. The maximum Gasteiger partial charge on any atom is 0.257 e. The van der Waals surface area contributed by atoms with E-state index in [0.29, 0.717) is 17.6 Å². The van der Waals surface area contributed by atoms with Crippen molar-refractivity contribution in [1.29, 1.82) is 0 Å². The Bertz CT molecular complexity index is 527. The summed E-state index contributed by atoms with van der Waals surface area (Å²) in [6, 6.07) is 0. The summed E-state index contributed by atoms with van der Waals surface area (Å²) in [6.07, 6.45) is 4.13. The van der Waals surface area contributed by atoms with Gasteiger partial charge in [-0.3, -0.25) is 0 Å². The van der Waals surface area contributed by atoms with Crippen LogP contribution in [0.25, 0.3) is 0 Å². The first-order chi connectivity index (χ1) is 9.20. The topological polar surface area (TPSA) is 59.9 Å². The van der Waals surface area contributed by atoms with E-state index in [0.717, 1.165) is 23.7 Å². The number of methoxy groups -OCH3 is 1. The van der Waals surface area contributed by atoms with Crippen LogP contribution in [-0.2, 0) is 6.42 Å². The number of hydrogen-bond donors (Lipinski definition) is 1. The Morgan fingerprint density at radius 3 is 2.79 bits per heavy atom. The first kappa shape index (κ1) is 13.7. The molecule has 0 amide bonds. The van der Waals surface area contributed by atoms with E-state index in [1.165, 1.54) is 0 Å². The lowest BCUT2D eigenvalue weighted by molar-refractivity contribution is 0.398. The highest BCUT2D eigenvalue weighted by Gasteiger charge is 2.07. The summed E-state index contributed by atoms with van der Waals surface area (Å²) in [5.41, 5.74) is 1.16. The molecule has 0 aliphatic heterocycles. The third kappa shape index (κ3) is 3.64. The minimum absolute atomic E-state index is 0.484. The van der Waals surface area contributed by atoms with Crippen molar-refractivity contribution in [3.63, 3.8) is 0 Å². The largest absolute Gasteiger partial charge is 0.478 e. The summed E-state index contributed by atoms with van der Waals surface area (Å²) in [5, 5.41) is 6.49. The average Bonchev–Trinajstić information content (AvgIpc) is 2.88. The van der Waals surface area contributed by atoms with Crippen molar-refractivity contribution < 1.29 is 4.74 Å². The Labute approximate surface area is 117 Å². The zero-order valence-corrected chi connectivity index (χ0v) is 12.2. The monoisotopic (exact) mass is 278 g/mol. The van der Waals surface area contributed by atoms with Gasteiger partial charge in [-0.25, -0.2) is 15.0 Å². The number of anilines is 1. The lowest BCUT2D eigenvalue weighted by Gasteiger charge is -2.07. The molecule has 102 valence electrons. The summed E-state index contributed by atoms with van der Waals surface area (Å²) >= 11 is 1.70. The van der Waals surface area contributed by atoms with Gasteiger partial charge in [0.2, 0.25) is 0 Å². The maximum absolute atomic E-state index is 5.13. The molecule has 0 aliphatic rings. The highest BCUT2D eigenvalue weighted by Crippen LogP contribution is 2.19. The molecule has 0 spiro atoms. The van der Waals surface area contributed by atoms with Crippen molar-refractivity contribution >= 4 is 17.2 Å². The van der Waals surface area contributed by atoms with E-state index in [9.17, 15) is 0 Å². The second-order valence-electron chi connectivity index (χ2n) is 4.41. The van der Waals surface area contributed by atoms with Crippen molar-refractivity contribution in [1.82, 2.24) is 15.0 Å². The minimum atomic E-state index is 0.484. The van der Waals surface area contributed by atoms with Crippen LogP contribution in [0.5, 0.6) is 5.88 Å². The molecule has 1 N–H and O–H groups in total. The van der Waals surface area contributed by atoms with Crippen molar-refractivity contribution in [3.05, 3.63) is 28.5 Å². The zero-order valence-electron chi connectivity index (χ0n) is 11.4. The van der Waals surface area contributed by atoms with Crippen LogP contribution in [0.4, 0.5) is 5.82 Å². The summed E-state index contributed by atoms with van der Waals surface area (Å²) in [7, 11) is 1.59. The van der Waals surface area contributed by atoms with Crippen molar-refractivity contribution in [2.24, 2.45) is 0 Å². The first-order valence-electron chi connectivity index (χ1n) is 6.24. The Hall–Kier alpha value is -1.69. The Morgan fingerprint density at radius 1 is 1.32 bits per heavy atom. The number of thiazole rings is 1. The SMILES string of the molecule is COc1nccnc1NCCc1nc(C(C)C)cs1. The number of hydrogen-bond acceptors (Lipinski definition) is 6. The lowest BCUT2D eigenvalue weighted by atomic mass is 10.2. The van der Waals surface area contributed by atoms with Gasteiger partial charge < -0.3 is 10.1 Å². The van der Waals surface area contributed by atoms with E-state index in [4.69, 9.17) is 4.74 Å². The number of ether oxygens (including phenoxy) is 1. The van der Waals surface area contributed by atoms with Gasteiger partial charge in [0.05, 0.1) is 17.8 Å². The molecule has 0 aromatic carbocycles. The van der Waals surface area contributed by atoms with E-state index in [1.807, 2.05) is 0 Å². The Balaban J connectivity index is 1.89. The molecule has 2 rings (SSSR count). The number of nitrogens with zero attached hydrogens (tertiary/aromatic N) is 3. The molecule has 19 heavy (non-hydrogen) atoms. The molecular formula is C13H18N4OS. The van der Waals surface area contributed by atoms with Gasteiger partial charge in [0, 0.05) is 30.7 Å². The predicted molar refractivity (Wildman–Crippen MR) is 77.0 cm³/mol. The van der Waals surface area contributed by atoms with Gasteiger partial charge in [0.15, 0.2) is 5.82 Å². The molecule has 0 saturated heterocycles. The van der Waals surface area contributed by atoms with Gasteiger partial charge in [-0.1, -0.05) is 13.8 Å². The van der Waals surface area contributed by atoms with Crippen molar-refractivity contribution in [2.75, 3.05) is 19.0 Å². The average molecular weight is 278 g/mol. The Morgan fingerprint density at radius 2 is 2.11 bits per heavy atom. The lowest BCUT2D eigenvalue weighted by Crippen LogP contribution is -2.08. The second kappa shape index (κ2) is 6.47. The summed E-state index contributed by atoms with van der Waals surface area (Å²) in [5.74, 6) is 1.67. The molecule has 0 fully saturated rings. The van der Waals surface area contributed by atoms with Gasteiger partial charge >= 0.3 is 0 Å². The Kier molecular flexibility index (Phi) is 4.68. The third-order valence-corrected chi connectivity index (χ3v) is 3.58. The highest BCUT2D eigenvalue weighted by molar-refractivity contribution is 7.09. The van der Waals surface area contributed by atoms with E-state index in [-0.39, 0.29) is 0 Å². The summed E-state index contributed by atoms with van der Waals surface area (Å²) in [6.45, 7) is 5.07. The highest BCUT2D eigenvalue weighted by atomic mass is 32.1. The van der Waals surface area contributed by atoms with Gasteiger partial charge in [-0.2, -0.15) is 0 Å². The fourth-order valence-corrected chi connectivity index (χ4v) is 2.55. The van der Waals surface area contributed by atoms with Crippen LogP contribution < -0.4 is 10.1 Å². The quantitative estimate of drug-likeness (QED) is 0.880. The standard InChI is InChI=1S/C13H18N4OS/c1-9(2)10-8-19-11(17-10)4-5-14-12-13(18-3)16-7-6-15-12/h6-9H,4-5H2,1-3H3,(H,14,15). The van der Waals surface area contributed by atoms with Crippen LogP contribution in [0.3, 0.4) is 0 Å². The molecule has 6 heteroatoms.